The summed E-state index contributed by atoms with van der Waals surface area (Å²) in [5.41, 5.74) is 2.31. The van der Waals surface area contributed by atoms with Crippen molar-refractivity contribution in [3.05, 3.63) is 54.1 Å². The number of ketones is 1. The minimum absolute atomic E-state index is 0.0378. The summed E-state index contributed by atoms with van der Waals surface area (Å²) in [5, 5.41) is 8.68. The average Bonchev–Trinajstić information content (AvgIpc) is 2.52. The van der Waals surface area contributed by atoms with Gasteiger partial charge >= 0.3 is 5.97 Å². The monoisotopic (exact) mass is 284 g/mol. The molecule has 0 amide bonds. The van der Waals surface area contributed by atoms with Crippen LogP contribution in [0.1, 0.15) is 23.2 Å². The van der Waals surface area contributed by atoms with Crippen LogP contribution < -0.4 is 4.74 Å². The fourth-order valence-electron chi connectivity index (χ4n) is 2.09. The van der Waals surface area contributed by atoms with E-state index >= 15 is 0 Å². The van der Waals surface area contributed by atoms with Gasteiger partial charge in [-0.1, -0.05) is 36.4 Å². The molecule has 0 saturated carbocycles. The van der Waals surface area contributed by atoms with Gasteiger partial charge in [0.15, 0.2) is 5.78 Å². The van der Waals surface area contributed by atoms with E-state index in [2.05, 4.69) is 0 Å². The maximum absolute atomic E-state index is 12.2. The van der Waals surface area contributed by atoms with Crippen LogP contribution in [0.5, 0.6) is 5.75 Å². The number of benzene rings is 2. The van der Waals surface area contributed by atoms with E-state index in [1.54, 1.807) is 12.1 Å². The molecule has 4 heteroatoms. The maximum Gasteiger partial charge on any atom is 0.303 e. The second-order valence-electron chi connectivity index (χ2n) is 4.60. The van der Waals surface area contributed by atoms with E-state index in [9.17, 15) is 9.59 Å². The summed E-state index contributed by atoms with van der Waals surface area (Å²) in [7, 11) is 1.49. The summed E-state index contributed by atoms with van der Waals surface area (Å²) in [6.45, 7) is 0. The number of carboxylic acids is 1. The lowest BCUT2D eigenvalue weighted by Gasteiger charge is -2.10. The smallest absolute Gasteiger partial charge is 0.303 e. The second-order valence-corrected chi connectivity index (χ2v) is 4.60. The van der Waals surface area contributed by atoms with Crippen molar-refractivity contribution < 1.29 is 19.4 Å². The highest BCUT2D eigenvalue weighted by Crippen LogP contribution is 2.27. The first-order chi connectivity index (χ1) is 10.1. The Morgan fingerprint density at radius 2 is 1.71 bits per heavy atom. The van der Waals surface area contributed by atoms with Crippen LogP contribution in [0.15, 0.2) is 48.5 Å². The fraction of sp³-hybridized carbons (Fsp3) is 0.176. The van der Waals surface area contributed by atoms with Crippen LogP contribution in [0.3, 0.4) is 0 Å². The van der Waals surface area contributed by atoms with E-state index in [1.165, 1.54) is 7.11 Å². The third-order valence-electron chi connectivity index (χ3n) is 3.17. The first kappa shape index (κ1) is 14.8. The number of carboxylic acid groups (broad SMARTS) is 1. The molecule has 0 atom stereocenters. The quantitative estimate of drug-likeness (QED) is 0.826. The van der Waals surface area contributed by atoms with Gasteiger partial charge in [-0.15, -0.1) is 0 Å². The van der Waals surface area contributed by atoms with Crippen molar-refractivity contribution >= 4 is 11.8 Å². The summed E-state index contributed by atoms with van der Waals surface area (Å²) >= 11 is 0. The van der Waals surface area contributed by atoms with Crippen molar-refractivity contribution in [1.29, 1.82) is 0 Å². The molecule has 4 nitrogen and oxygen atoms in total. The predicted octanol–water partition coefficient (Wildman–Crippen LogP) is 3.41. The topological polar surface area (TPSA) is 63.6 Å². The van der Waals surface area contributed by atoms with Crippen molar-refractivity contribution in [2.24, 2.45) is 0 Å². The molecule has 2 aromatic carbocycles. The lowest BCUT2D eigenvalue weighted by molar-refractivity contribution is -0.136. The van der Waals surface area contributed by atoms with Crippen LogP contribution in [0.2, 0.25) is 0 Å². The van der Waals surface area contributed by atoms with Crippen molar-refractivity contribution in [3.63, 3.8) is 0 Å². The van der Waals surface area contributed by atoms with Crippen LogP contribution in [0, 0.1) is 0 Å². The van der Waals surface area contributed by atoms with Gasteiger partial charge in [-0.2, -0.15) is 0 Å². The molecule has 2 rings (SSSR count). The SMILES string of the molecule is COc1ccc(-c2ccccc2)cc1C(=O)CCC(=O)O. The zero-order valence-corrected chi connectivity index (χ0v) is 11.7. The van der Waals surface area contributed by atoms with E-state index in [1.807, 2.05) is 36.4 Å². The van der Waals surface area contributed by atoms with Gasteiger partial charge in [0.05, 0.1) is 19.1 Å². The molecule has 2 aromatic rings. The Labute approximate surface area is 123 Å². The van der Waals surface area contributed by atoms with Gasteiger partial charge < -0.3 is 9.84 Å². The molecule has 0 spiro atoms. The largest absolute Gasteiger partial charge is 0.496 e. The summed E-state index contributed by atoms with van der Waals surface area (Å²) in [6.07, 6.45) is -0.221. The van der Waals surface area contributed by atoms with Crippen molar-refractivity contribution in [3.8, 4) is 16.9 Å². The van der Waals surface area contributed by atoms with E-state index in [-0.39, 0.29) is 18.6 Å². The van der Waals surface area contributed by atoms with Gasteiger partial charge in [0.2, 0.25) is 0 Å². The molecule has 0 bridgehead atoms. The number of carbonyl (C=O) groups is 2. The molecule has 0 radical (unpaired) electrons. The first-order valence-corrected chi connectivity index (χ1v) is 6.60. The van der Waals surface area contributed by atoms with Crippen LogP contribution in [0.4, 0.5) is 0 Å². The minimum Gasteiger partial charge on any atom is -0.496 e. The lowest BCUT2D eigenvalue weighted by Crippen LogP contribution is -2.06. The third-order valence-corrected chi connectivity index (χ3v) is 3.17. The average molecular weight is 284 g/mol. The standard InChI is InChI=1S/C17H16O4/c1-21-16-9-7-13(12-5-3-2-4-6-12)11-14(16)15(18)8-10-17(19)20/h2-7,9,11H,8,10H2,1H3,(H,19,20). The molecular formula is C17H16O4. The molecule has 1 N–H and O–H groups in total. The molecule has 0 aliphatic carbocycles. The highest BCUT2D eigenvalue weighted by molar-refractivity contribution is 6.00. The lowest BCUT2D eigenvalue weighted by atomic mass is 9.98. The van der Waals surface area contributed by atoms with E-state index in [0.29, 0.717) is 11.3 Å². The molecule has 0 unspecified atom stereocenters. The first-order valence-electron chi connectivity index (χ1n) is 6.60. The number of ether oxygens (including phenoxy) is 1. The molecule has 0 aromatic heterocycles. The van der Waals surface area contributed by atoms with Crippen molar-refractivity contribution in [2.45, 2.75) is 12.8 Å². The van der Waals surface area contributed by atoms with Crippen LogP contribution in [-0.2, 0) is 4.79 Å². The predicted molar refractivity (Wildman–Crippen MR) is 79.6 cm³/mol. The molecule has 0 fully saturated rings. The maximum atomic E-state index is 12.2. The number of carbonyl (C=O) groups excluding carboxylic acids is 1. The normalized spacial score (nSPS) is 10.1. The van der Waals surface area contributed by atoms with E-state index in [0.717, 1.165) is 11.1 Å². The highest BCUT2D eigenvalue weighted by atomic mass is 16.5. The number of hydrogen-bond acceptors (Lipinski definition) is 3. The Morgan fingerprint density at radius 1 is 1.00 bits per heavy atom. The number of rotatable bonds is 6. The Bertz CT molecular complexity index is 647. The Kier molecular flexibility index (Phi) is 4.72. The zero-order chi connectivity index (χ0) is 15.2. The molecule has 0 saturated heterocycles. The van der Waals surface area contributed by atoms with Gasteiger partial charge in [-0.05, 0) is 23.3 Å². The summed E-state index contributed by atoms with van der Waals surface area (Å²) in [4.78, 5) is 22.8. The summed E-state index contributed by atoms with van der Waals surface area (Å²) in [5.74, 6) is -0.751. The van der Waals surface area contributed by atoms with E-state index < -0.39 is 5.97 Å². The third kappa shape index (κ3) is 3.69. The van der Waals surface area contributed by atoms with Crippen molar-refractivity contribution in [2.75, 3.05) is 7.11 Å². The Morgan fingerprint density at radius 3 is 2.33 bits per heavy atom. The number of Topliss-reactive ketones (excluding diaryl/α,β-unsaturated/α-hetero) is 1. The van der Waals surface area contributed by atoms with Gasteiger partial charge in [0.1, 0.15) is 5.75 Å². The van der Waals surface area contributed by atoms with Gasteiger partial charge in [-0.3, -0.25) is 9.59 Å². The molecule has 0 aliphatic rings. The Balaban J connectivity index is 2.34. The number of methoxy groups -OCH3 is 1. The van der Waals surface area contributed by atoms with Gasteiger partial charge in [0, 0.05) is 6.42 Å². The van der Waals surface area contributed by atoms with Crippen LogP contribution in [0.25, 0.3) is 11.1 Å². The Hall–Kier alpha value is -2.62. The zero-order valence-electron chi connectivity index (χ0n) is 11.7. The number of aliphatic carboxylic acids is 1. The second kappa shape index (κ2) is 6.70. The van der Waals surface area contributed by atoms with Gasteiger partial charge in [-0.25, -0.2) is 0 Å². The molecule has 0 heterocycles. The van der Waals surface area contributed by atoms with E-state index in [4.69, 9.17) is 9.84 Å². The summed E-state index contributed by atoms with van der Waals surface area (Å²) < 4.78 is 5.20. The highest BCUT2D eigenvalue weighted by Gasteiger charge is 2.15. The summed E-state index contributed by atoms with van der Waals surface area (Å²) in [6, 6.07) is 15.0. The fourth-order valence-corrected chi connectivity index (χ4v) is 2.09. The minimum atomic E-state index is -0.985. The molecule has 21 heavy (non-hydrogen) atoms. The molecule has 108 valence electrons. The van der Waals surface area contributed by atoms with Crippen LogP contribution in [-0.4, -0.2) is 24.0 Å². The van der Waals surface area contributed by atoms with Crippen LogP contribution >= 0.6 is 0 Å². The molecular weight excluding hydrogens is 268 g/mol. The molecule has 0 aliphatic heterocycles. The number of hydrogen-bond donors (Lipinski definition) is 1. The van der Waals surface area contributed by atoms with Gasteiger partial charge in [0.25, 0.3) is 0 Å². The van der Waals surface area contributed by atoms with Crippen molar-refractivity contribution in [1.82, 2.24) is 0 Å².